The Bertz CT molecular complexity index is 877. The van der Waals surface area contributed by atoms with Gasteiger partial charge in [0.15, 0.2) is 0 Å². The molecule has 0 unspecified atom stereocenters. The van der Waals surface area contributed by atoms with Crippen molar-refractivity contribution in [2.45, 2.75) is 32.1 Å². The summed E-state index contributed by atoms with van der Waals surface area (Å²) in [4.78, 5) is 41.6. The lowest BCUT2D eigenvalue weighted by Crippen LogP contribution is -2.40. The van der Waals surface area contributed by atoms with Crippen LogP contribution < -0.4 is 16.0 Å². The number of carbonyl (C=O) groups is 1. The number of nitrogens with zero attached hydrogens (tertiary/aromatic N) is 1. The van der Waals surface area contributed by atoms with Gasteiger partial charge in [-0.1, -0.05) is 12.1 Å². The molecule has 1 aromatic carbocycles. The van der Waals surface area contributed by atoms with E-state index in [1.54, 1.807) is 7.11 Å². The maximum atomic E-state index is 12.4. The molecule has 1 amide bonds. The number of aromatic nitrogens is 2. The smallest absolute Gasteiger partial charge is 0.325 e. The molecule has 0 aliphatic carbocycles. The second-order valence-electron chi connectivity index (χ2n) is 6.98. The fraction of sp³-hybridized carbons (Fsp3) is 0.450. The van der Waals surface area contributed by atoms with Crippen LogP contribution in [0.4, 0.5) is 0 Å². The summed E-state index contributed by atoms with van der Waals surface area (Å²) in [6.07, 6.45) is 5.42. The molecule has 1 aliphatic heterocycles. The van der Waals surface area contributed by atoms with Gasteiger partial charge in [-0.25, -0.2) is 4.79 Å². The number of amides is 1. The molecule has 1 fully saturated rings. The van der Waals surface area contributed by atoms with E-state index in [1.807, 2.05) is 17.0 Å². The van der Waals surface area contributed by atoms with Gasteiger partial charge in [-0.15, -0.1) is 0 Å². The average Bonchev–Trinajstić information content (AvgIpc) is 2.69. The van der Waals surface area contributed by atoms with E-state index in [1.165, 1.54) is 11.8 Å². The zero-order valence-electron chi connectivity index (χ0n) is 15.5. The number of nitrogens with one attached hydrogen (secondary N) is 2. The van der Waals surface area contributed by atoms with E-state index in [4.69, 9.17) is 4.74 Å². The summed E-state index contributed by atoms with van der Waals surface area (Å²) in [5, 5.41) is 0. The summed E-state index contributed by atoms with van der Waals surface area (Å²) in [5.74, 6) is 1.40. The zero-order chi connectivity index (χ0) is 19.2. The summed E-state index contributed by atoms with van der Waals surface area (Å²) in [6.45, 7) is 1.43. The third kappa shape index (κ3) is 5.09. The van der Waals surface area contributed by atoms with Crippen LogP contribution in [0.1, 0.15) is 30.4 Å². The van der Waals surface area contributed by atoms with Crippen LogP contribution in [0, 0.1) is 5.92 Å². The molecule has 1 aromatic heterocycles. The normalized spacial score (nSPS) is 14.9. The first-order valence-electron chi connectivity index (χ1n) is 9.26. The molecule has 3 rings (SSSR count). The van der Waals surface area contributed by atoms with E-state index >= 15 is 0 Å². The first-order chi connectivity index (χ1) is 13.0. The highest BCUT2D eigenvalue weighted by Gasteiger charge is 2.23. The molecule has 2 aromatic rings. The van der Waals surface area contributed by atoms with Crippen LogP contribution in [-0.2, 0) is 17.6 Å². The van der Waals surface area contributed by atoms with Gasteiger partial charge in [0, 0.05) is 24.8 Å². The number of aromatic amines is 2. The van der Waals surface area contributed by atoms with E-state index < -0.39 is 11.2 Å². The second kappa shape index (κ2) is 8.70. The highest BCUT2D eigenvalue weighted by molar-refractivity contribution is 5.78. The predicted octanol–water partition coefficient (Wildman–Crippen LogP) is 1.49. The van der Waals surface area contributed by atoms with Gasteiger partial charge in [-0.3, -0.25) is 14.6 Å². The quantitative estimate of drug-likeness (QED) is 0.804. The number of aryl methyl sites for hydroxylation is 1. The van der Waals surface area contributed by atoms with Crippen LogP contribution in [0.5, 0.6) is 5.75 Å². The molecule has 2 heterocycles. The number of carbonyl (C=O) groups excluding carboxylic acids is 1. The van der Waals surface area contributed by atoms with Gasteiger partial charge < -0.3 is 14.6 Å². The van der Waals surface area contributed by atoms with Crippen molar-refractivity contribution >= 4 is 5.91 Å². The maximum absolute atomic E-state index is 12.4. The molecule has 0 saturated carbocycles. The molecule has 7 nitrogen and oxygen atoms in total. The highest BCUT2D eigenvalue weighted by Crippen LogP contribution is 2.23. The highest BCUT2D eigenvalue weighted by atomic mass is 16.5. The van der Waals surface area contributed by atoms with Crippen molar-refractivity contribution in [3.05, 3.63) is 62.4 Å². The zero-order valence-corrected chi connectivity index (χ0v) is 15.5. The minimum absolute atomic E-state index is 0.0165. The Balaban J connectivity index is 1.45. The average molecular weight is 371 g/mol. The second-order valence-corrected chi connectivity index (χ2v) is 6.98. The molecule has 2 N–H and O–H groups in total. The molecule has 27 heavy (non-hydrogen) atoms. The predicted molar refractivity (Wildman–Crippen MR) is 102 cm³/mol. The SMILES string of the molecule is COc1ccc(CCC2CCN(C(=O)Cc3c[nH]c(=O)[nH]c3=O)CC2)cc1. The van der Waals surface area contributed by atoms with Crippen molar-refractivity contribution in [1.29, 1.82) is 0 Å². The number of ether oxygens (including phenoxy) is 1. The van der Waals surface area contributed by atoms with E-state index in [-0.39, 0.29) is 12.3 Å². The number of likely N-dealkylation sites (tertiary alicyclic amines) is 1. The van der Waals surface area contributed by atoms with Gasteiger partial charge >= 0.3 is 5.69 Å². The van der Waals surface area contributed by atoms with Gasteiger partial charge in [0.25, 0.3) is 5.56 Å². The van der Waals surface area contributed by atoms with Gasteiger partial charge in [0.05, 0.1) is 13.5 Å². The molecular weight excluding hydrogens is 346 g/mol. The molecule has 7 heteroatoms. The van der Waals surface area contributed by atoms with Crippen molar-refractivity contribution in [2.24, 2.45) is 5.92 Å². The Morgan fingerprint density at radius 3 is 2.52 bits per heavy atom. The van der Waals surface area contributed by atoms with E-state index in [2.05, 4.69) is 22.1 Å². The lowest BCUT2D eigenvalue weighted by atomic mass is 9.90. The molecule has 144 valence electrons. The van der Waals surface area contributed by atoms with Gasteiger partial charge in [-0.2, -0.15) is 0 Å². The van der Waals surface area contributed by atoms with Crippen molar-refractivity contribution in [3.63, 3.8) is 0 Å². The largest absolute Gasteiger partial charge is 0.497 e. The molecule has 1 saturated heterocycles. The Morgan fingerprint density at radius 2 is 1.89 bits per heavy atom. The summed E-state index contributed by atoms with van der Waals surface area (Å²) >= 11 is 0. The fourth-order valence-corrected chi connectivity index (χ4v) is 3.48. The van der Waals surface area contributed by atoms with Crippen molar-refractivity contribution in [1.82, 2.24) is 14.9 Å². The summed E-state index contributed by atoms with van der Waals surface area (Å²) in [6, 6.07) is 8.16. The van der Waals surface area contributed by atoms with Gasteiger partial charge in [0.2, 0.25) is 5.91 Å². The van der Waals surface area contributed by atoms with Gasteiger partial charge in [-0.05, 0) is 49.3 Å². The van der Waals surface area contributed by atoms with Gasteiger partial charge in [0.1, 0.15) is 5.75 Å². The lowest BCUT2D eigenvalue weighted by molar-refractivity contribution is -0.131. The molecular formula is C20H25N3O4. The standard InChI is InChI=1S/C20H25N3O4/c1-27-17-6-4-14(5-7-17)2-3-15-8-10-23(11-9-15)18(24)12-16-13-21-20(26)22-19(16)25/h4-7,13,15H,2-3,8-12H2,1H3,(H2,21,22,25,26). The van der Waals surface area contributed by atoms with Crippen molar-refractivity contribution < 1.29 is 9.53 Å². The van der Waals surface area contributed by atoms with Crippen LogP contribution in [-0.4, -0.2) is 41.0 Å². The Hall–Kier alpha value is -2.83. The number of methoxy groups -OCH3 is 1. The Kier molecular flexibility index (Phi) is 6.11. The Labute approximate surface area is 157 Å². The topological polar surface area (TPSA) is 95.3 Å². The van der Waals surface area contributed by atoms with Crippen LogP contribution >= 0.6 is 0 Å². The Morgan fingerprint density at radius 1 is 1.19 bits per heavy atom. The number of hydrogen-bond donors (Lipinski definition) is 2. The maximum Gasteiger partial charge on any atom is 0.325 e. The number of H-pyrrole nitrogens is 2. The van der Waals surface area contributed by atoms with Crippen LogP contribution in [0.3, 0.4) is 0 Å². The minimum Gasteiger partial charge on any atom is -0.497 e. The third-order valence-electron chi connectivity index (χ3n) is 5.21. The number of rotatable bonds is 6. The van der Waals surface area contributed by atoms with E-state index in [0.717, 1.165) is 31.4 Å². The summed E-state index contributed by atoms with van der Waals surface area (Å²) in [7, 11) is 1.66. The lowest BCUT2D eigenvalue weighted by Gasteiger charge is -2.32. The molecule has 0 atom stereocenters. The van der Waals surface area contributed by atoms with Crippen molar-refractivity contribution in [3.8, 4) is 5.75 Å². The molecule has 0 radical (unpaired) electrons. The number of hydrogen-bond acceptors (Lipinski definition) is 4. The fourth-order valence-electron chi connectivity index (χ4n) is 3.48. The van der Waals surface area contributed by atoms with E-state index in [0.29, 0.717) is 24.6 Å². The molecule has 0 bridgehead atoms. The number of benzene rings is 1. The summed E-state index contributed by atoms with van der Waals surface area (Å²) < 4.78 is 5.18. The first-order valence-corrected chi connectivity index (χ1v) is 9.26. The van der Waals surface area contributed by atoms with E-state index in [9.17, 15) is 14.4 Å². The number of piperidine rings is 1. The van der Waals surface area contributed by atoms with Crippen LogP contribution in [0.25, 0.3) is 0 Å². The monoisotopic (exact) mass is 371 g/mol. The van der Waals surface area contributed by atoms with Crippen molar-refractivity contribution in [2.75, 3.05) is 20.2 Å². The third-order valence-corrected chi connectivity index (χ3v) is 5.21. The minimum atomic E-state index is -0.561. The van der Waals surface area contributed by atoms with Crippen LogP contribution in [0.2, 0.25) is 0 Å². The molecule has 0 spiro atoms. The molecule has 1 aliphatic rings. The first kappa shape index (κ1) is 18.9. The van der Waals surface area contributed by atoms with Crippen LogP contribution in [0.15, 0.2) is 40.1 Å². The summed E-state index contributed by atoms with van der Waals surface area (Å²) in [5.41, 5.74) is 0.531.